The molecule has 9 heteroatoms. The van der Waals surface area contributed by atoms with Crippen molar-refractivity contribution in [2.24, 2.45) is 5.92 Å². The fourth-order valence-electron chi connectivity index (χ4n) is 1.46. The number of sulfonamides is 1. The summed E-state index contributed by atoms with van der Waals surface area (Å²) in [7, 11) is -3.84. The molecule has 22 heavy (non-hydrogen) atoms. The van der Waals surface area contributed by atoms with Crippen molar-refractivity contribution in [3.05, 3.63) is 27.7 Å². The van der Waals surface area contributed by atoms with Crippen LogP contribution in [0.1, 0.15) is 31.1 Å². The van der Waals surface area contributed by atoms with E-state index in [0.717, 1.165) is 6.07 Å². The molecule has 0 spiro atoms. The Balaban J connectivity index is 3.18. The Bertz CT molecular complexity index is 648. The van der Waals surface area contributed by atoms with Crippen LogP contribution in [0.5, 0.6) is 0 Å². The lowest BCUT2D eigenvalue weighted by molar-refractivity contribution is 0.0364. The molecule has 2 N–H and O–H groups in total. The van der Waals surface area contributed by atoms with Crippen molar-refractivity contribution in [3.8, 4) is 0 Å². The van der Waals surface area contributed by atoms with Gasteiger partial charge >= 0.3 is 0 Å². The SMILES string of the molecule is CCONC(=O)c1cc(S(=O)(=O)NCC(C)C)c(Cl)cc1Cl. The van der Waals surface area contributed by atoms with Gasteiger partial charge in [-0.25, -0.2) is 18.6 Å². The van der Waals surface area contributed by atoms with Gasteiger partial charge in [-0.15, -0.1) is 0 Å². The topological polar surface area (TPSA) is 84.5 Å². The normalized spacial score (nSPS) is 11.7. The summed E-state index contributed by atoms with van der Waals surface area (Å²) in [5.41, 5.74) is 2.12. The first-order valence-corrected chi connectivity index (χ1v) is 8.83. The molecule has 0 atom stereocenters. The quantitative estimate of drug-likeness (QED) is 0.724. The highest BCUT2D eigenvalue weighted by atomic mass is 35.5. The van der Waals surface area contributed by atoms with E-state index in [9.17, 15) is 13.2 Å². The molecule has 0 bridgehead atoms. The van der Waals surface area contributed by atoms with Gasteiger partial charge < -0.3 is 0 Å². The molecule has 6 nitrogen and oxygen atoms in total. The molecule has 1 aromatic carbocycles. The van der Waals surface area contributed by atoms with E-state index in [0.29, 0.717) is 0 Å². The molecule has 124 valence electrons. The molecule has 1 amide bonds. The zero-order valence-corrected chi connectivity index (χ0v) is 14.8. The average Bonchev–Trinajstić information content (AvgIpc) is 2.42. The number of hydroxylamine groups is 1. The fraction of sp³-hybridized carbons (Fsp3) is 0.462. The third-order valence-electron chi connectivity index (χ3n) is 2.55. The van der Waals surface area contributed by atoms with Crippen LogP contribution in [0.2, 0.25) is 10.0 Å². The monoisotopic (exact) mass is 368 g/mol. The van der Waals surface area contributed by atoms with Crippen LogP contribution in [-0.4, -0.2) is 27.5 Å². The van der Waals surface area contributed by atoms with Crippen LogP contribution in [0, 0.1) is 5.92 Å². The molecule has 0 saturated heterocycles. The number of rotatable bonds is 7. The molecule has 0 radical (unpaired) electrons. The minimum Gasteiger partial charge on any atom is -0.274 e. The third kappa shape index (κ3) is 5.10. The smallest absolute Gasteiger partial charge is 0.274 e. The summed E-state index contributed by atoms with van der Waals surface area (Å²) >= 11 is 11.9. The Morgan fingerprint density at radius 1 is 1.27 bits per heavy atom. The summed E-state index contributed by atoms with van der Waals surface area (Å²) in [5.74, 6) is -0.523. The van der Waals surface area contributed by atoms with E-state index in [-0.39, 0.29) is 39.6 Å². The molecule has 0 unspecified atom stereocenters. The highest BCUT2D eigenvalue weighted by Gasteiger charge is 2.22. The Morgan fingerprint density at radius 3 is 2.45 bits per heavy atom. The van der Waals surface area contributed by atoms with E-state index < -0.39 is 15.9 Å². The lowest BCUT2D eigenvalue weighted by Gasteiger charge is -2.12. The zero-order valence-electron chi connectivity index (χ0n) is 12.4. The van der Waals surface area contributed by atoms with E-state index in [2.05, 4.69) is 10.2 Å². The predicted molar refractivity (Wildman–Crippen MR) is 85.6 cm³/mol. The molecule has 1 aromatic rings. The summed E-state index contributed by atoms with van der Waals surface area (Å²) < 4.78 is 26.9. The Labute approximate surface area is 140 Å². The van der Waals surface area contributed by atoms with Crippen molar-refractivity contribution >= 4 is 39.1 Å². The lowest BCUT2D eigenvalue weighted by atomic mass is 10.2. The van der Waals surface area contributed by atoms with E-state index in [1.807, 2.05) is 13.8 Å². The molecule has 0 fully saturated rings. The van der Waals surface area contributed by atoms with E-state index in [4.69, 9.17) is 28.0 Å². The van der Waals surface area contributed by atoms with E-state index in [1.165, 1.54) is 6.07 Å². The van der Waals surface area contributed by atoms with Gasteiger partial charge in [0.2, 0.25) is 10.0 Å². The first-order valence-electron chi connectivity index (χ1n) is 6.59. The van der Waals surface area contributed by atoms with Crippen molar-refractivity contribution in [3.63, 3.8) is 0 Å². The zero-order chi connectivity index (χ0) is 16.9. The van der Waals surface area contributed by atoms with Gasteiger partial charge in [0.1, 0.15) is 4.90 Å². The Hall–Kier alpha value is -0.860. The van der Waals surface area contributed by atoms with Crippen molar-refractivity contribution in [1.82, 2.24) is 10.2 Å². The third-order valence-corrected chi connectivity index (χ3v) is 4.75. The second kappa shape index (κ2) is 8.12. The maximum atomic E-state index is 12.3. The number of hydrogen-bond acceptors (Lipinski definition) is 4. The van der Waals surface area contributed by atoms with Gasteiger partial charge in [0.25, 0.3) is 5.91 Å². The van der Waals surface area contributed by atoms with Crippen molar-refractivity contribution in [2.45, 2.75) is 25.7 Å². The Morgan fingerprint density at radius 2 is 1.91 bits per heavy atom. The van der Waals surface area contributed by atoms with Crippen LogP contribution in [0.15, 0.2) is 17.0 Å². The van der Waals surface area contributed by atoms with Gasteiger partial charge in [0.05, 0.1) is 22.2 Å². The standard InChI is InChI=1S/C13H18Cl2N2O4S/c1-4-21-17-13(18)9-5-12(11(15)6-10(9)14)22(19,20)16-7-8(2)3/h5-6,8,16H,4,7H2,1-3H3,(H,17,18). The molecule has 0 aliphatic carbocycles. The molecule has 0 saturated carbocycles. The van der Waals surface area contributed by atoms with Crippen LogP contribution < -0.4 is 10.2 Å². The predicted octanol–water partition coefficient (Wildman–Crippen LogP) is 2.61. The minimum absolute atomic E-state index is 0.0324. The van der Waals surface area contributed by atoms with E-state index in [1.54, 1.807) is 6.92 Å². The molecule has 0 heterocycles. The second-order valence-electron chi connectivity index (χ2n) is 4.87. The average molecular weight is 369 g/mol. The largest absolute Gasteiger partial charge is 0.276 e. The van der Waals surface area contributed by atoms with Gasteiger partial charge in [0.15, 0.2) is 0 Å². The summed E-state index contributed by atoms with van der Waals surface area (Å²) in [6.07, 6.45) is 0. The number of nitrogens with one attached hydrogen (secondary N) is 2. The van der Waals surface area contributed by atoms with Crippen LogP contribution in [0.3, 0.4) is 0 Å². The maximum absolute atomic E-state index is 12.3. The van der Waals surface area contributed by atoms with Gasteiger partial charge in [-0.05, 0) is 25.0 Å². The van der Waals surface area contributed by atoms with Crippen molar-refractivity contribution in [2.75, 3.05) is 13.2 Å². The molecule has 0 aromatic heterocycles. The number of halogens is 2. The van der Waals surface area contributed by atoms with Crippen LogP contribution in [0.4, 0.5) is 0 Å². The first kappa shape index (κ1) is 19.2. The molecule has 0 aliphatic heterocycles. The van der Waals surface area contributed by atoms with Gasteiger partial charge in [-0.2, -0.15) is 0 Å². The maximum Gasteiger partial charge on any atom is 0.276 e. The summed E-state index contributed by atoms with van der Waals surface area (Å²) in [4.78, 5) is 16.5. The molecular weight excluding hydrogens is 351 g/mol. The highest BCUT2D eigenvalue weighted by Crippen LogP contribution is 2.28. The molecule has 0 aliphatic rings. The molecule has 1 rings (SSSR count). The van der Waals surface area contributed by atoms with Gasteiger partial charge in [-0.1, -0.05) is 37.0 Å². The van der Waals surface area contributed by atoms with Crippen LogP contribution >= 0.6 is 23.2 Å². The van der Waals surface area contributed by atoms with Crippen LogP contribution in [-0.2, 0) is 14.9 Å². The first-order chi connectivity index (χ1) is 10.2. The van der Waals surface area contributed by atoms with Gasteiger partial charge in [0, 0.05) is 6.54 Å². The Kier molecular flexibility index (Phi) is 7.08. The van der Waals surface area contributed by atoms with E-state index >= 15 is 0 Å². The fourth-order valence-corrected chi connectivity index (χ4v) is 3.53. The van der Waals surface area contributed by atoms with Crippen LogP contribution in [0.25, 0.3) is 0 Å². The van der Waals surface area contributed by atoms with Crippen molar-refractivity contribution in [1.29, 1.82) is 0 Å². The van der Waals surface area contributed by atoms with Crippen molar-refractivity contribution < 1.29 is 18.0 Å². The number of benzene rings is 1. The summed E-state index contributed by atoms with van der Waals surface area (Å²) in [5, 5.41) is -0.0285. The summed E-state index contributed by atoms with van der Waals surface area (Å²) in [6, 6.07) is 2.34. The second-order valence-corrected chi connectivity index (χ2v) is 7.42. The number of hydrogen-bond donors (Lipinski definition) is 2. The summed E-state index contributed by atoms with van der Waals surface area (Å²) in [6.45, 7) is 5.94. The minimum atomic E-state index is -3.84. The number of amides is 1. The number of carbonyl (C=O) groups excluding carboxylic acids is 1. The lowest BCUT2D eigenvalue weighted by Crippen LogP contribution is -2.29. The number of carbonyl (C=O) groups is 1. The van der Waals surface area contributed by atoms with Gasteiger partial charge in [-0.3, -0.25) is 9.63 Å². The highest BCUT2D eigenvalue weighted by molar-refractivity contribution is 7.89. The molecular formula is C13H18Cl2N2O4S.